The average Bonchev–Trinajstić information content (AvgIpc) is 2.53. The normalized spacial score (nSPS) is 10.5. The van der Waals surface area contributed by atoms with Crippen molar-refractivity contribution < 1.29 is 0 Å². The molecule has 1 heterocycles. The molecule has 0 bridgehead atoms. The van der Waals surface area contributed by atoms with Crippen LogP contribution in [0.5, 0.6) is 0 Å². The van der Waals surface area contributed by atoms with Crippen molar-refractivity contribution in [2.75, 3.05) is 13.1 Å². The summed E-state index contributed by atoms with van der Waals surface area (Å²) >= 11 is 0. The first-order valence-electron chi connectivity index (χ1n) is 4.58. The predicted octanol–water partition coefficient (Wildman–Crippen LogP) is 1.05. The van der Waals surface area contributed by atoms with E-state index in [1.54, 1.807) is 0 Å². The molecule has 68 valence electrons. The zero-order valence-corrected chi connectivity index (χ0v) is 7.88. The molecule has 12 heavy (non-hydrogen) atoms. The Labute approximate surface area is 73.8 Å². The van der Waals surface area contributed by atoms with Crippen LogP contribution < -0.4 is 5.32 Å². The Morgan fingerprint density at radius 1 is 1.50 bits per heavy atom. The summed E-state index contributed by atoms with van der Waals surface area (Å²) in [5, 5.41) is 3.27. The van der Waals surface area contributed by atoms with Crippen LogP contribution in [0.3, 0.4) is 0 Å². The van der Waals surface area contributed by atoms with Gasteiger partial charge in [-0.2, -0.15) is 0 Å². The van der Waals surface area contributed by atoms with Crippen LogP contribution in [-0.4, -0.2) is 22.6 Å². The Hall–Kier alpha value is -0.830. The van der Waals surface area contributed by atoms with Crippen LogP contribution in [0.2, 0.25) is 0 Å². The second-order valence-electron chi connectivity index (χ2n) is 2.80. The fourth-order valence-electron chi connectivity index (χ4n) is 1.10. The van der Waals surface area contributed by atoms with E-state index in [1.807, 2.05) is 6.33 Å². The Kier molecular flexibility index (Phi) is 3.80. The van der Waals surface area contributed by atoms with Gasteiger partial charge in [0.25, 0.3) is 0 Å². The minimum Gasteiger partial charge on any atom is -0.337 e. The monoisotopic (exact) mass is 167 g/mol. The lowest BCUT2D eigenvalue weighted by Crippen LogP contribution is -2.16. The van der Waals surface area contributed by atoms with Crippen molar-refractivity contribution in [1.29, 1.82) is 0 Å². The van der Waals surface area contributed by atoms with Gasteiger partial charge in [-0.3, -0.25) is 0 Å². The van der Waals surface area contributed by atoms with E-state index < -0.39 is 0 Å². The molecular formula is C9H17N3. The van der Waals surface area contributed by atoms with Gasteiger partial charge >= 0.3 is 0 Å². The highest BCUT2D eigenvalue weighted by Crippen LogP contribution is 1.95. The van der Waals surface area contributed by atoms with Gasteiger partial charge in [0.1, 0.15) is 0 Å². The van der Waals surface area contributed by atoms with Gasteiger partial charge in [0.2, 0.25) is 0 Å². The predicted molar refractivity (Wildman–Crippen MR) is 50.1 cm³/mol. The number of imidazole rings is 1. The average molecular weight is 167 g/mol. The van der Waals surface area contributed by atoms with E-state index in [4.69, 9.17) is 0 Å². The third-order valence-electron chi connectivity index (χ3n) is 1.86. The molecule has 0 fully saturated rings. The Bertz CT molecular complexity index is 217. The molecule has 0 aliphatic heterocycles. The molecule has 0 saturated carbocycles. The highest BCUT2D eigenvalue weighted by molar-refractivity contribution is 4.96. The number of rotatable bonds is 5. The molecule has 3 nitrogen and oxygen atoms in total. The van der Waals surface area contributed by atoms with Gasteiger partial charge in [-0.05, 0) is 13.5 Å². The number of aryl methyl sites for hydroxylation is 1. The topological polar surface area (TPSA) is 29.9 Å². The molecular weight excluding hydrogens is 150 g/mol. The maximum Gasteiger partial charge on any atom is 0.0949 e. The van der Waals surface area contributed by atoms with Crippen molar-refractivity contribution in [2.45, 2.75) is 26.8 Å². The van der Waals surface area contributed by atoms with Gasteiger partial charge in [0.15, 0.2) is 0 Å². The minimum atomic E-state index is 1.01. The second-order valence-corrected chi connectivity index (χ2v) is 2.80. The molecule has 1 rings (SSSR count). The van der Waals surface area contributed by atoms with Crippen molar-refractivity contribution in [3.8, 4) is 0 Å². The first-order chi connectivity index (χ1) is 5.86. The molecule has 3 heteroatoms. The van der Waals surface area contributed by atoms with Crippen molar-refractivity contribution >= 4 is 0 Å². The number of nitrogens with zero attached hydrogens (tertiary/aromatic N) is 2. The quantitative estimate of drug-likeness (QED) is 0.664. The number of aromatic nitrogens is 2. The van der Waals surface area contributed by atoms with Crippen molar-refractivity contribution in [3.63, 3.8) is 0 Å². The smallest absolute Gasteiger partial charge is 0.0949 e. The Morgan fingerprint density at radius 3 is 2.92 bits per heavy atom. The number of hydrogen-bond acceptors (Lipinski definition) is 2. The SMILES string of the molecule is CCNCCc1cn(CC)cn1. The first-order valence-corrected chi connectivity index (χ1v) is 4.58. The molecule has 0 spiro atoms. The summed E-state index contributed by atoms with van der Waals surface area (Å²) in [4.78, 5) is 4.28. The van der Waals surface area contributed by atoms with E-state index in [0.717, 1.165) is 26.1 Å². The lowest BCUT2D eigenvalue weighted by molar-refractivity contribution is 0.708. The third-order valence-corrected chi connectivity index (χ3v) is 1.86. The molecule has 1 N–H and O–H groups in total. The number of hydrogen-bond donors (Lipinski definition) is 1. The van der Waals surface area contributed by atoms with E-state index in [-0.39, 0.29) is 0 Å². The van der Waals surface area contributed by atoms with Crippen LogP contribution in [0.25, 0.3) is 0 Å². The molecule has 1 aromatic rings. The van der Waals surface area contributed by atoms with Crippen LogP contribution in [0.15, 0.2) is 12.5 Å². The number of nitrogens with one attached hydrogen (secondary N) is 1. The first kappa shape index (κ1) is 9.26. The fraction of sp³-hybridized carbons (Fsp3) is 0.667. The Balaban J connectivity index is 2.31. The molecule has 0 saturated heterocycles. The fourth-order valence-corrected chi connectivity index (χ4v) is 1.10. The summed E-state index contributed by atoms with van der Waals surface area (Å²) in [6.45, 7) is 7.31. The van der Waals surface area contributed by atoms with Gasteiger partial charge in [-0.1, -0.05) is 6.92 Å². The molecule has 0 atom stereocenters. The molecule has 0 amide bonds. The van der Waals surface area contributed by atoms with E-state index in [2.05, 4.69) is 34.9 Å². The molecule has 0 aromatic carbocycles. The van der Waals surface area contributed by atoms with Gasteiger partial charge in [-0.25, -0.2) is 4.98 Å². The lowest BCUT2D eigenvalue weighted by Gasteiger charge is -1.97. The molecule has 0 unspecified atom stereocenters. The van der Waals surface area contributed by atoms with E-state index in [0.29, 0.717) is 0 Å². The highest BCUT2D eigenvalue weighted by Gasteiger charge is 1.95. The summed E-state index contributed by atoms with van der Waals surface area (Å²) in [7, 11) is 0. The minimum absolute atomic E-state index is 1.01. The van der Waals surface area contributed by atoms with Gasteiger partial charge in [-0.15, -0.1) is 0 Å². The molecule has 1 aromatic heterocycles. The van der Waals surface area contributed by atoms with Crippen LogP contribution >= 0.6 is 0 Å². The Morgan fingerprint density at radius 2 is 2.33 bits per heavy atom. The van der Waals surface area contributed by atoms with Crippen LogP contribution in [0.4, 0.5) is 0 Å². The maximum atomic E-state index is 4.28. The van der Waals surface area contributed by atoms with E-state index in [9.17, 15) is 0 Å². The van der Waals surface area contributed by atoms with Gasteiger partial charge in [0, 0.05) is 25.7 Å². The summed E-state index contributed by atoms with van der Waals surface area (Å²) in [6.07, 6.45) is 5.03. The number of likely N-dealkylation sites (N-methyl/N-ethyl adjacent to an activating group) is 1. The summed E-state index contributed by atoms with van der Waals surface area (Å²) < 4.78 is 2.10. The van der Waals surface area contributed by atoms with Gasteiger partial charge in [0.05, 0.1) is 12.0 Å². The molecule has 0 aliphatic carbocycles. The van der Waals surface area contributed by atoms with Crippen molar-refractivity contribution in [1.82, 2.24) is 14.9 Å². The zero-order valence-electron chi connectivity index (χ0n) is 7.88. The third kappa shape index (κ3) is 2.66. The van der Waals surface area contributed by atoms with Crippen LogP contribution in [0, 0.1) is 0 Å². The maximum absolute atomic E-state index is 4.28. The summed E-state index contributed by atoms with van der Waals surface area (Å²) in [6, 6.07) is 0. The van der Waals surface area contributed by atoms with Crippen molar-refractivity contribution in [3.05, 3.63) is 18.2 Å². The molecule has 0 aliphatic rings. The largest absolute Gasteiger partial charge is 0.337 e. The van der Waals surface area contributed by atoms with Gasteiger partial charge < -0.3 is 9.88 Å². The summed E-state index contributed by atoms with van der Waals surface area (Å²) in [5.41, 5.74) is 1.18. The zero-order chi connectivity index (χ0) is 8.81. The van der Waals surface area contributed by atoms with Crippen LogP contribution in [0.1, 0.15) is 19.5 Å². The van der Waals surface area contributed by atoms with Crippen LogP contribution in [-0.2, 0) is 13.0 Å². The van der Waals surface area contributed by atoms with E-state index in [1.165, 1.54) is 5.69 Å². The summed E-state index contributed by atoms with van der Waals surface area (Å²) in [5.74, 6) is 0. The second kappa shape index (κ2) is 4.93. The lowest BCUT2D eigenvalue weighted by atomic mass is 10.3. The van der Waals surface area contributed by atoms with Crippen molar-refractivity contribution in [2.24, 2.45) is 0 Å². The highest BCUT2D eigenvalue weighted by atomic mass is 15.0. The standard InChI is InChI=1S/C9H17N3/c1-3-10-6-5-9-7-12(4-2)8-11-9/h7-8,10H,3-6H2,1-2H3. The molecule has 0 radical (unpaired) electrons. The van der Waals surface area contributed by atoms with E-state index >= 15 is 0 Å².